The van der Waals surface area contributed by atoms with Crippen LogP contribution in [0.25, 0.3) is 0 Å². The van der Waals surface area contributed by atoms with Crippen LogP contribution in [-0.2, 0) is 0 Å². The molecule has 3 aromatic rings. The van der Waals surface area contributed by atoms with Gasteiger partial charge < -0.3 is 30.2 Å². The lowest BCUT2D eigenvalue weighted by Crippen LogP contribution is -2.29. The normalized spacial score (nSPS) is 10.2. The summed E-state index contributed by atoms with van der Waals surface area (Å²) in [4.78, 5) is 25.5. The van der Waals surface area contributed by atoms with Gasteiger partial charge in [0, 0.05) is 30.9 Å². The molecular weight excluding hydrogens is 412 g/mol. The molecule has 1 amide bonds. The van der Waals surface area contributed by atoms with Gasteiger partial charge in [0.1, 0.15) is 23.3 Å². The van der Waals surface area contributed by atoms with Gasteiger partial charge in [0.25, 0.3) is 5.91 Å². The van der Waals surface area contributed by atoms with Crippen molar-refractivity contribution < 1.29 is 19.0 Å². The van der Waals surface area contributed by atoms with Crippen molar-refractivity contribution in [2.45, 2.75) is 6.92 Å². The van der Waals surface area contributed by atoms with Crippen molar-refractivity contribution in [1.82, 2.24) is 20.3 Å². The minimum atomic E-state index is -0.262. The van der Waals surface area contributed by atoms with Gasteiger partial charge in [-0.2, -0.15) is 0 Å². The van der Waals surface area contributed by atoms with E-state index in [0.717, 1.165) is 0 Å². The summed E-state index contributed by atoms with van der Waals surface area (Å²) in [5.74, 6) is 3.56. The molecule has 0 bridgehead atoms. The third-order valence-electron chi connectivity index (χ3n) is 4.40. The molecule has 168 valence electrons. The van der Waals surface area contributed by atoms with Crippen molar-refractivity contribution >= 4 is 23.4 Å². The van der Waals surface area contributed by atoms with E-state index in [0.29, 0.717) is 59.2 Å². The first-order valence-electron chi connectivity index (χ1n) is 9.90. The summed E-state index contributed by atoms with van der Waals surface area (Å²) in [5.41, 5.74) is 0.402. The number of methoxy groups -OCH3 is 3. The van der Waals surface area contributed by atoms with Crippen LogP contribution in [0.15, 0.2) is 42.6 Å². The number of nitrogens with one attached hydrogen (secondary N) is 3. The number of ether oxygens (including phenoxy) is 3. The molecule has 0 unspecified atom stereocenters. The van der Waals surface area contributed by atoms with Crippen LogP contribution in [0, 0.1) is 6.92 Å². The highest BCUT2D eigenvalue weighted by Gasteiger charge is 2.16. The number of hydrogen-bond donors (Lipinski definition) is 3. The Morgan fingerprint density at radius 1 is 0.906 bits per heavy atom. The predicted octanol–water partition coefficient (Wildman–Crippen LogP) is 2.79. The van der Waals surface area contributed by atoms with Gasteiger partial charge >= 0.3 is 0 Å². The fourth-order valence-electron chi connectivity index (χ4n) is 2.97. The maximum Gasteiger partial charge on any atom is 0.251 e. The standard InChI is InChI=1S/C22H26N6O4/c1-14-26-19(13-20(27-14)28-18-7-5-6-8-23-18)24-9-10-25-22(29)15-11-16(30-2)21(32-4)17(12-15)31-3/h5-8,11-13H,9-10H2,1-4H3,(H,25,29)(H2,23,24,26,27,28). The molecule has 0 spiro atoms. The Morgan fingerprint density at radius 3 is 2.25 bits per heavy atom. The van der Waals surface area contributed by atoms with E-state index < -0.39 is 0 Å². The molecular formula is C22H26N6O4. The molecule has 0 radical (unpaired) electrons. The van der Waals surface area contributed by atoms with Crippen molar-refractivity contribution in [3.63, 3.8) is 0 Å². The topological polar surface area (TPSA) is 120 Å². The van der Waals surface area contributed by atoms with Crippen LogP contribution < -0.4 is 30.2 Å². The second kappa shape index (κ2) is 10.8. The van der Waals surface area contributed by atoms with Crippen molar-refractivity contribution in [2.24, 2.45) is 0 Å². The lowest BCUT2D eigenvalue weighted by molar-refractivity contribution is 0.0954. The van der Waals surface area contributed by atoms with Gasteiger partial charge in [-0.1, -0.05) is 6.07 Å². The second-order valence-corrected chi connectivity index (χ2v) is 6.62. The van der Waals surface area contributed by atoms with Crippen molar-refractivity contribution in [1.29, 1.82) is 0 Å². The highest BCUT2D eigenvalue weighted by Crippen LogP contribution is 2.38. The SMILES string of the molecule is COc1cc(C(=O)NCCNc2cc(Nc3ccccn3)nc(C)n2)cc(OC)c1OC. The number of rotatable bonds is 10. The number of carbonyl (C=O) groups excluding carboxylic acids is 1. The Kier molecular flexibility index (Phi) is 7.63. The van der Waals surface area contributed by atoms with E-state index >= 15 is 0 Å². The average Bonchev–Trinajstić information content (AvgIpc) is 2.81. The second-order valence-electron chi connectivity index (χ2n) is 6.62. The largest absolute Gasteiger partial charge is 0.493 e. The lowest BCUT2D eigenvalue weighted by atomic mass is 10.1. The first-order chi connectivity index (χ1) is 15.5. The summed E-state index contributed by atoms with van der Waals surface area (Å²) >= 11 is 0. The lowest BCUT2D eigenvalue weighted by Gasteiger charge is -2.14. The van der Waals surface area contributed by atoms with Gasteiger partial charge in [-0.25, -0.2) is 15.0 Å². The number of nitrogens with zero attached hydrogens (tertiary/aromatic N) is 3. The van der Waals surface area contributed by atoms with E-state index in [9.17, 15) is 4.79 Å². The highest BCUT2D eigenvalue weighted by molar-refractivity contribution is 5.95. The third kappa shape index (κ3) is 5.75. The number of amides is 1. The molecule has 10 heteroatoms. The number of benzene rings is 1. The zero-order chi connectivity index (χ0) is 22.9. The summed E-state index contributed by atoms with van der Waals surface area (Å²) in [6.07, 6.45) is 1.70. The van der Waals surface area contributed by atoms with Crippen LogP contribution in [0.2, 0.25) is 0 Å². The number of anilines is 3. The van der Waals surface area contributed by atoms with Crippen LogP contribution >= 0.6 is 0 Å². The van der Waals surface area contributed by atoms with Gasteiger partial charge in [-0.3, -0.25) is 4.79 Å². The molecule has 0 saturated carbocycles. The summed E-state index contributed by atoms with van der Waals surface area (Å²) in [6, 6.07) is 10.6. The molecule has 0 aliphatic heterocycles. The summed E-state index contributed by atoms with van der Waals surface area (Å²) in [7, 11) is 4.52. The van der Waals surface area contributed by atoms with E-state index in [-0.39, 0.29) is 5.91 Å². The summed E-state index contributed by atoms with van der Waals surface area (Å²) < 4.78 is 15.9. The number of carbonyl (C=O) groups is 1. The molecule has 3 N–H and O–H groups in total. The van der Waals surface area contributed by atoms with Crippen LogP contribution in [-0.4, -0.2) is 55.3 Å². The molecule has 1 aromatic carbocycles. The fraction of sp³-hybridized carbons (Fsp3) is 0.273. The Morgan fingerprint density at radius 2 is 1.62 bits per heavy atom. The van der Waals surface area contributed by atoms with E-state index in [1.54, 1.807) is 31.3 Å². The van der Waals surface area contributed by atoms with E-state index in [2.05, 4.69) is 30.9 Å². The maximum absolute atomic E-state index is 12.6. The quantitative estimate of drug-likeness (QED) is 0.410. The minimum Gasteiger partial charge on any atom is -0.493 e. The smallest absolute Gasteiger partial charge is 0.251 e. The van der Waals surface area contributed by atoms with Gasteiger partial charge in [0.15, 0.2) is 11.5 Å². The van der Waals surface area contributed by atoms with Crippen LogP contribution in [0.3, 0.4) is 0 Å². The van der Waals surface area contributed by atoms with Crippen molar-refractivity contribution in [2.75, 3.05) is 45.1 Å². The van der Waals surface area contributed by atoms with Crippen LogP contribution in [0.5, 0.6) is 17.2 Å². The van der Waals surface area contributed by atoms with Gasteiger partial charge in [-0.05, 0) is 31.2 Å². The third-order valence-corrected chi connectivity index (χ3v) is 4.40. The number of pyridine rings is 1. The van der Waals surface area contributed by atoms with Gasteiger partial charge in [-0.15, -0.1) is 0 Å². The Bertz CT molecular complexity index is 1040. The molecule has 3 rings (SSSR count). The Balaban J connectivity index is 1.58. The van der Waals surface area contributed by atoms with E-state index in [1.165, 1.54) is 21.3 Å². The maximum atomic E-state index is 12.6. The first-order valence-corrected chi connectivity index (χ1v) is 9.90. The predicted molar refractivity (Wildman–Crippen MR) is 121 cm³/mol. The molecule has 2 heterocycles. The van der Waals surface area contributed by atoms with Crippen molar-refractivity contribution in [3.05, 3.63) is 54.0 Å². The molecule has 0 aliphatic carbocycles. The zero-order valence-electron chi connectivity index (χ0n) is 18.4. The number of hydrogen-bond acceptors (Lipinski definition) is 9. The Labute approximate surface area is 186 Å². The molecule has 0 aliphatic rings. The van der Waals surface area contributed by atoms with Gasteiger partial charge in [0.05, 0.1) is 21.3 Å². The summed E-state index contributed by atoms with van der Waals surface area (Å²) in [6.45, 7) is 2.65. The van der Waals surface area contributed by atoms with Crippen LogP contribution in [0.4, 0.5) is 17.5 Å². The van der Waals surface area contributed by atoms with E-state index in [1.807, 2.05) is 18.2 Å². The highest BCUT2D eigenvalue weighted by atomic mass is 16.5. The Hall–Kier alpha value is -4.08. The number of aryl methyl sites for hydroxylation is 1. The monoisotopic (exact) mass is 438 g/mol. The fourth-order valence-corrected chi connectivity index (χ4v) is 2.97. The van der Waals surface area contributed by atoms with Gasteiger partial charge in [0.2, 0.25) is 5.75 Å². The molecule has 0 saturated heterocycles. The van der Waals surface area contributed by atoms with Crippen LogP contribution in [0.1, 0.15) is 16.2 Å². The molecule has 0 atom stereocenters. The van der Waals surface area contributed by atoms with Crippen molar-refractivity contribution in [3.8, 4) is 17.2 Å². The van der Waals surface area contributed by atoms with E-state index in [4.69, 9.17) is 14.2 Å². The molecule has 10 nitrogen and oxygen atoms in total. The molecule has 0 fully saturated rings. The zero-order valence-corrected chi connectivity index (χ0v) is 18.4. The average molecular weight is 438 g/mol. The molecule has 2 aromatic heterocycles. The summed E-state index contributed by atoms with van der Waals surface area (Å²) in [5, 5.41) is 9.18. The first kappa shape index (κ1) is 22.6. The minimum absolute atomic E-state index is 0.262. The number of aromatic nitrogens is 3. The molecule has 32 heavy (non-hydrogen) atoms.